The molecule has 8 heteroatoms. The second-order valence-electron chi connectivity index (χ2n) is 8.43. The van der Waals surface area contributed by atoms with Gasteiger partial charge in [-0.3, -0.25) is 9.88 Å². The summed E-state index contributed by atoms with van der Waals surface area (Å²) in [4.78, 5) is 9.28. The van der Waals surface area contributed by atoms with Crippen molar-refractivity contribution < 1.29 is 13.9 Å². The van der Waals surface area contributed by atoms with Crippen LogP contribution in [0.25, 0.3) is 11.3 Å². The minimum absolute atomic E-state index is 0.0834. The first-order chi connectivity index (χ1) is 16.7. The number of morpholine rings is 1. The number of ether oxygens (including phenoxy) is 2. The minimum atomic E-state index is -0.0854. The van der Waals surface area contributed by atoms with Crippen molar-refractivity contribution in [2.45, 2.75) is 19.0 Å². The Labute approximate surface area is 205 Å². The van der Waals surface area contributed by atoms with Gasteiger partial charge in [-0.05, 0) is 67.7 Å². The molecule has 0 aliphatic carbocycles. The Morgan fingerprint density at radius 2 is 1.88 bits per heavy atom. The number of hydrogen-bond donors (Lipinski definition) is 1. The zero-order chi connectivity index (χ0) is 23.3. The van der Waals surface area contributed by atoms with E-state index < -0.39 is 0 Å². The summed E-state index contributed by atoms with van der Waals surface area (Å²) in [6.45, 7) is 7.82. The smallest absolute Gasteiger partial charge is 0.170 e. The predicted octanol–water partition coefficient (Wildman–Crippen LogP) is 4.05. The van der Waals surface area contributed by atoms with E-state index in [0.717, 1.165) is 73.0 Å². The zero-order valence-corrected chi connectivity index (χ0v) is 20.2. The van der Waals surface area contributed by atoms with E-state index in [9.17, 15) is 0 Å². The lowest BCUT2D eigenvalue weighted by molar-refractivity contribution is 0.0347. The quantitative estimate of drug-likeness (QED) is 0.487. The van der Waals surface area contributed by atoms with Gasteiger partial charge in [0.05, 0.1) is 31.6 Å². The Hall–Kier alpha value is -2.94. The second-order valence-corrected chi connectivity index (χ2v) is 8.82. The number of thiocarbonyl (C=S) groups is 1. The third kappa shape index (κ3) is 4.94. The molecule has 0 unspecified atom stereocenters. The number of nitrogens with zero attached hydrogens (tertiary/aromatic N) is 3. The van der Waals surface area contributed by atoms with E-state index in [1.54, 1.807) is 0 Å². The van der Waals surface area contributed by atoms with Gasteiger partial charge in [-0.1, -0.05) is 6.07 Å². The van der Waals surface area contributed by atoms with Crippen molar-refractivity contribution in [3.63, 3.8) is 0 Å². The molecule has 178 valence electrons. The van der Waals surface area contributed by atoms with Crippen molar-refractivity contribution in [2.24, 2.45) is 0 Å². The van der Waals surface area contributed by atoms with Crippen LogP contribution in [-0.2, 0) is 4.74 Å². The van der Waals surface area contributed by atoms with Crippen LogP contribution >= 0.6 is 12.2 Å². The summed E-state index contributed by atoms with van der Waals surface area (Å²) in [5, 5.41) is 4.23. The Kier molecular flexibility index (Phi) is 7.08. The SMILES string of the molecule is CCOc1ccc(-c2ccc([C@H]3[C@H](c4ccccn4)NC(=S)N3CCN3CCOCC3)o2)cc1. The number of furan rings is 1. The van der Waals surface area contributed by atoms with Crippen LogP contribution in [0.3, 0.4) is 0 Å². The van der Waals surface area contributed by atoms with Crippen molar-refractivity contribution in [2.75, 3.05) is 46.0 Å². The highest BCUT2D eigenvalue weighted by Crippen LogP contribution is 2.40. The third-order valence-electron chi connectivity index (χ3n) is 6.33. The normalized spacial score (nSPS) is 21.0. The van der Waals surface area contributed by atoms with Crippen LogP contribution in [0, 0.1) is 0 Å². The van der Waals surface area contributed by atoms with Crippen LogP contribution in [0.1, 0.15) is 30.5 Å². The Bertz CT molecular complexity index is 1080. The summed E-state index contributed by atoms with van der Waals surface area (Å²) >= 11 is 5.79. The Balaban J connectivity index is 1.41. The van der Waals surface area contributed by atoms with Gasteiger partial charge in [0.1, 0.15) is 23.3 Å². The number of pyridine rings is 1. The van der Waals surface area contributed by atoms with Gasteiger partial charge in [0.25, 0.3) is 0 Å². The molecule has 0 radical (unpaired) electrons. The molecule has 1 aromatic carbocycles. The molecule has 4 heterocycles. The molecule has 2 atom stereocenters. The number of hydrogen-bond acceptors (Lipinski definition) is 6. The maximum absolute atomic E-state index is 6.43. The molecule has 2 saturated heterocycles. The van der Waals surface area contributed by atoms with Crippen molar-refractivity contribution in [1.82, 2.24) is 20.1 Å². The highest BCUT2D eigenvalue weighted by atomic mass is 32.1. The summed E-state index contributed by atoms with van der Waals surface area (Å²) in [6.07, 6.45) is 1.82. The second kappa shape index (κ2) is 10.5. The average molecular weight is 479 g/mol. The molecule has 0 saturated carbocycles. The monoisotopic (exact) mass is 478 g/mol. The van der Waals surface area contributed by atoms with Crippen LogP contribution in [0.15, 0.2) is 65.2 Å². The van der Waals surface area contributed by atoms with Gasteiger partial charge in [0, 0.05) is 37.9 Å². The molecule has 0 amide bonds. The highest BCUT2D eigenvalue weighted by molar-refractivity contribution is 7.80. The van der Waals surface area contributed by atoms with Crippen molar-refractivity contribution in [3.05, 3.63) is 72.2 Å². The molecular formula is C26H30N4O3S. The van der Waals surface area contributed by atoms with Crippen LogP contribution in [-0.4, -0.2) is 65.9 Å². The molecule has 5 rings (SSSR count). The van der Waals surface area contributed by atoms with E-state index in [1.807, 2.05) is 61.7 Å². The summed E-state index contributed by atoms with van der Waals surface area (Å²) < 4.78 is 17.5. The van der Waals surface area contributed by atoms with Crippen molar-refractivity contribution >= 4 is 17.3 Å². The van der Waals surface area contributed by atoms with Gasteiger partial charge in [-0.15, -0.1) is 0 Å². The van der Waals surface area contributed by atoms with Gasteiger partial charge in [-0.25, -0.2) is 0 Å². The predicted molar refractivity (Wildman–Crippen MR) is 135 cm³/mol. The summed E-state index contributed by atoms with van der Waals surface area (Å²) in [5.74, 6) is 2.55. The van der Waals surface area contributed by atoms with E-state index >= 15 is 0 Å². The molecule has 2 aliphatic rings. The number of aromatic nitrogens is 1. The molecule has 34 heavy (non-hydrogen) atoms. The van der Waals surface area contributed by atoms with Crippen LogP contribution in [0.2, 0.25) is 0 Å². The molecule has 1 N–H and O–H groups in total. The summed E-state index contributed by atoms with van der Waals surface area (Å²) in [7, 11) is 0. The summed E-state index contributed by atoms with van der Waals surface area (Å²) in [5.41, 5.74) is 1.96. The molecular weight excluding hydrogens is 448 g/mol. The fourth-order valence-corrected chi connectivity index (χ4v) is 4.91. The maximum atomic E-state index is 6.43. The first-order valence-corrected chi connectivity index (χ1v) is 12.2. The molecule has 3 aromatic rings. The molecule has 7 nitrogen and oxygen atoms in total. The maximum Gasteiger partial charge on any atom is 0.170 e. The number of benzene rings is 1. The van der Waals surface area contributed by atoms with E-state index in [1.165, 1.54) is 0 Å². The van der Waals surface area contributed by atoms with Crippen molar-refractivity contribution in [3.8, 4) is 17.1 Å². The number of rotatable bonds is 8. The lowest BCUT2D eigenvalue weighted by Gasteiger charge is -2.31. The molecule has 0 bridgehead atoms. The number of nitrogens with one attached hydrogen (secondary N) is 1. The van der Waals surface area contributed by atoms with Crippen molar-refractivity contribution in [1.29, 1.82) is 0 Å². The summed E-state index contributed by atoms with van der Waals surface area (Å²) in [6, 6.07) is 17.9. The molecule has 2 aromatic heterocycles. The van der Waals surface area contributed by atoms with Gasteiger partial charge >= 0.3 is 0 Å². The Morgan fingerprint density at radius 1 is 1.06 bits per heavy atom. The van der Waals surface area contributed by atoms with Crippen LogP contribution in [0.4, 0.5) is 0 Å². The molecule has 2 fully saturated rings. The fourth-order valence-electron chi connectivity index (χ4n) is 4.58. The van der Waals surface area contributed by atoms with Gasteiger partial charge in [-0.2, -0.15) is 0 Å². The van der Waals surface area contributed by atoms with E-state index in [-0.39, 0.29) is 12.1 Å². The lowest BCUT2D eigenvalue weighted by Crippen LogP contribution is -2.42. The molecule has 2 aliphatic heterocycles. The van der Waals surface area contributed by atoms with E-state index in [4.69, 9.17) is 26.1 Å². The molecule has 0 spiro atoms. The highest BCUT2D eigenvalue weighted by Gasteiger charge is 2.41. The lowest BCUT2D eigenvalue weighted by atomic mass is 10.0. The largest absolute Gasteiger partial charge is 0.494 e. The van der Waals surface area contributed by atoms with E-state index in [2.05, 4.69) is 26.2 Å². The van der Waals surface area contributed by atoms with Gasteiger partial charge < -0.3 is 24.1 Å². The van der Waals surface area contributed by atoms with E-state index in [0.29, 0.717) is 6.61 Å². The van der Waals surface area contributed by atoms with Gasteiger partial charge in [0.2, 0.25) is 0 Å². The first-order valence-electron chi connectivity index (χ1n) is 11.8. The standard InChI is InChI=1S/C26H30N4O3S/c1-2-32-20-8-6-19(7-9-20)22-10-11-23(33-22)25-24(21-5-3-4-12-27-21)28-26(34)30(25)14-13-29-15-17-31-18-16-29/h3-12,24-25H,2,13-18H2,1H3,(H,28,34)/t24-,25-/m0/s1. The fraction of sp³-hybridized carbons (Fsp3) is 0.385. The third-order valence-corrected chi connectivity index (χ3v) is 6.68. The Morgan fingerprint density at radius 3 is 2.62 bits per heavy atom. The van der Waals surface area contributed by atoms with Gasteiger partial charge in [0.15, 0.2) is 5.11 Å². The van der Waals surface area contributed by atoms with Crippen LogP contribution in [0.5, 0.6) is 5.75 Å². The average Bonchev–Trinajstić information content (AvgIpc) is 3.49. The first kappa shape index (κ1) is 22.8. The topological polar surface area (TPSA) is 63.0 Å². The minimum Gasteiger partial charge on any atom is -0.494 e. The zero-order valence-electron chi connectivity index (χ0n) is 19.4. The van der Waals surface area contributed by atoms with Crippen LogP contribution < -0.4 is 10.1 Å².